The third-order valence-corrected chi connectivity index (χ3v) is 2.13. The molecule has 0 amide bonds. The maximum Gasteiger partial charge on any atom is 0.245 e. The highest BCUT2D eigenvalue weighted by molar-refractivity contribution is 5.52. The number of hydrogen-bond acceptors (Lipinski definition) is 6. The van der Waals surface area contributed by atoms with Crippen LogP contribution < -0.4 is 5.32 Å². The Morgan fingerprint density at radius 2 is 2.18 bits per heavy atom. The van der Waals surface area contributed by atoms with Crippen molar-refractivity contribution in [3.8, 4) is 6.07 Å². The molecule has 6 heteroatoms. The zero-order valence-corrected chi connectivity index (χ0v) is 9.56. The number of nitrogens with zero attached hydrogens (tertiary/aromatic N) is 4. The number of pyridine rings is 1. The normalized spacial score (nSPS) is 9.94. The molecular weight excluding hydrogens is 218 g/mol. The number of hydrogen-bond donors (Lipinski definition) is 1. The molecule has 0 atom stereocenters. The van der Waals surface area contributed by atoms with Gasteiger partial charge in [0, 0.05) is 5.69 Å². The van der Waals surface area contributed by atoms with E-state index >= 15 is 0 Å². The lowest BCUT2D eigenvalue weighted by molar-refractivity contribution is 0.379. The van der Waals surface area contributed by atoms with Crippen LogP contribution in [0.15, 0.2) is 16.7 Å². The first kappa shape index (κ1) is 11.1. The minimum Gasteiger partial charge on any atom is -0.360 e. The monoisotopic (exact) mass is 229 g/mol. The molecule has 0 aliphatic rings. The van der Waals surface area contributed by atoms with Gasteiger partial charge in [0.25, 0.3) is 0 Å². The van der Waals surface area contributed by atoms with Gasteiger partial charge in [0.05, 0.1) is 12.1 Å². The summed E-state index contributed by atoms with van der Waals surface area (Å²) in [7, 11) is 0. The Kier molecular flexibility index (Phi) is 3.01. The van der Waals surface area contributed by atoms with Crippen molar-refractivity contribution in [3.63, 3.8) is 0 Å². The molecule has 0 unspecified atom stereocenters. The van der Waals surface area contributed by atoms with E-state index in [1.807, 2.05) is 6.92 Å². The van der Waals surface area contributed by atoms with Crippen LogP contribution in [0.3, 0.4) is 0 Å². The van der Waals surface area contributed by atoms with Gasteiger partial charge in [-0.25, -0.2) is 4.98 Å². The highest BCUT2D eigenvalue weighted by atomic mass is 16.5. The van der Waals surface area contributed by atoms with Crippen molar-refractivity contribution in [1.29, 1.82) is 5.26 Å². The van der Waals surface area contributed by atoms with Gasteiger partial charge in [0.2, 0.25) is 5.89 Å². The Bertz CT molecular complexity index is 569. The Morgan fingerprint density at radius 1 is 1.35 bits per heavy atom. The highest BCUT2D eigenvalue weighted by Gasteiger charge is 2.06. The number of aryl methyl sites for hydroxylation is 2. The molecule has 0 radical (unpaired) electrons. The molecule has 0 bridgehead atoms. The van der Waals surface area contributed by atoms with Gasteiger partial charge in [-0.1, -0.05) is 5.16 Å². The molecule has 2 aromatic heterocycles. The average molecular weight is 229 g/mol. The zero-order valence-electron chi connectivity index (χ0n) is 9.56. The number of aromatic nitrogens is 3. The molecule has 0 saturated carbocycles. The smallest absolute Gasteiger partial charge is 0.245 e. The summed E-state index contributed by atoms with van der Waals surface area (Å²) in [5, 5.41) is 15.6. The van der Waals surface area contributed by atoms with Crippen molar-refractivity contribution in [2.75, 3.05) is 5.32 Å². The first-order valence-corrected chi connectivity index (χ1v) is 5.10. The van der Waals surface area contributed by atoms with Crippen molar-refractivity contribution in [2.45, 2.75) is 20.4 Å². The van der Waals surface area contributed by atoms with Gasteiger partial charge >= 0.3 is 0 Å². The number of anilines is 1. The summed E-state index contributed by atoms with van der Waals surface area (Å²) in [5.74, 6) is 1.58. The molecule has 0 aromatic carbocycles. The Labute approximate surface area is 98.3 Å². The molecule has 0 aliphatic carbocycles. The average Bonchev–Trinajstić information content (AvgIpc) is 2.73. The van der Waals surface area contributed by atoms with Gasteiger partial charge in [-0.2, -0.15) is 10.2 Å². The topological polar surface area (TPSA) is 87.6 Å². The van der Waals surface area contributed by atoms with Crippen LogP contribution in [0, 0.1) is 25.2 Å². The molecule has 0 saturated heterocycles. The largest absolute Gasteiger partial charge is 0.360 e. The SMILES string of the molecule is Cc1ccc(C#N)c(NCc2nc(C)no2)n1. The van der Waals surface area contributed by atoms with E-state index in [0.29, 0.717) is 29.6 Å². The molecule has 2 rings (SSSR count). The molecule has 2 heterocycles. The van der Waals surface area contributed by atoms with Crippen molar-refractivity contribution in [2.24, 2.45) is 0 Å². The maximum atomic E-state index is 8.93. The minimum atomic E-state index is 0.353. The highest BCUT2D eigenvalue weighted by Crippen LogP contribution is 2.13. The van der Waals surface area contributed by atoms with Crippen LogP contribution in [0.4, 0.5) is 5.82 Å². The van der Waals surface area contributed by atoms with Crippen molar-refractivity contribution >= 4 is 5.82 Å². The van der Waals surface area contributed by atoms with E-state index in [4.69, 9.17) is 9.78 Å². The fourth-order valence-corrected chi connectivity index (χ4v) is 1.35. The molecule has 0 fully saturated rings. The van der Waals surface area contributed by atoms with E-state index in [9.17, 15) is 0 Å². The summed E-state index contributed by atoms with van der Waals surface area (Å²) in [4.78, 5) is 8.30. The van der Waals surface area contributed by atoms with E-state index in [0.717, 1.165) is 5.69 Å². The van der Waals surface area contributed by atoms with Crippen LogP contribution in [-0.4, -0.2) is 15.1 Å². The molecular formula is C11H11N5O. The second kappa shape index (κ2) is 4.61. The molecule has 0 spiro atoms. The summed E-state index contributed by atoms with van der Waals surface area (Å²) in [6, 6.07) is 5.59. The van der Waals surface area contributed by atoms with E-state index < -0.39 is 0 Å². The fraction of sp³-hybridized carbons (Fsp3) is 0.273. The first-order valence-electron chi connectivity index (χ1n) is 5.10. The van der Waals surface area contributed by atoms with Gasteiger partial charge in [-0.15, -0.1) is 0 Å². The zero-order chi connectivity index (χ0) is 12.3. The van der Waals surface area contributed by atoms with Crippen LogP contribution in [0.5, 0.6) is 0 Å². The molecule has 0 aliphatic heterocycles. The maximum absolute atomic E-state index is 8.93. The summed E-state index contributed by atoms with van der Waals surface area (Å²) in [5.41, 5.74) is 1.33. The van der Waals surface area contributed by atoms with Crippen LogP contribution in [0.25, 0.3) is 0 Å². The molecule has 6 nitrogen and oxygen atoms in total. The Morgan fingerprint density at radius 3 is 2.82 bits per heavy atom. The summed E-state index contributed by atoms with van der Waals surface area (Å²) in [6.07, 6.45) is 0. The molecule has 2 aromatic rings. The quantitative estimate of drug-likeness (QED) is 0.859. The fourth-order valence-electron chi connectivity index (χ4n) is 1.35. The van der Waals surface area contributed by atoms with E-state index in [2.05, 4.69) is 26.5 Å². The van der Waals surface area contributed by atoms with Gasteiger partial charge in [-0.3, -0.25) is 0 Å². The molecule has 1 N–H and O–H groups in total. The van der Waals surface area contributed by atoms with Crippen LogP contribution in [-0.2, 0) is 6.54 Å². The second-order valence-corrected chi connectivity index (χ2v) is 3.55. The van der Waals surface area contributed by atoms with E-state index in [-0.39, 0.29) is 0 Å². The van der Waals surface area contributed by atoms with Crippen molar-refractivity contribution in [1.82, 2.24) is 15.1 Å². The lowest BCUT2D eigenvalue weighted by atomic mass is 10.2. The van der Waals surface area contributed by atoms with Gasteiger partial charge in [-0.05, 0) is 26.0 Å². The molecule has 17 heavy (non-hydrogen) atoms. The van der Waals surface area contributed by atoms with Crippen molar-refractivity contribution in [3.05, 3.63) is 35.1 Å². The first-order chi connectivity index (χ1) is 8.19. The van der Waals surface area contributed by atoms with Crippen LogP contribution in [0.2, 0.25) is 0 Å². The second-order valence-electron chi connectivity index (χ2n) is 3.55. The predicted octanol–water partition coefficient (Wildman–Crippen LogP) is 1.57. The lowest BCUT2D eigenvalue weighted by Gasteiger charge is -2.05. The third kappa shape index (κ3) is 2.58. The summed E-state index contributed by atoms with van der Waals surface area (Å²) < 4.78 is 4.96. The number of rotatable bonds is 3. The predicted molar refractivity (Wildman–Crippen MR) is 60.1 cm³/mol. The standard InChI is InChI=1S/C11H11N5O/c1-7-3-4-9(5-12)11(14-7)13-6-10-15-8(2)16-17-10/h3-4H,6H2,1-2H3,(H,13,14). The summed E-state index contributed by atoms with van der Waals surface area (Å²) >= 11 is 0. The van der Waals surface area contributed by atoms with Gasteiger partial charge < -0.3 is 9.84 Å². The Balaban J connectivity index is 2.13. The third-order valence-electron chi connectivity index (χ3n) is 2.13. The van der Waals surface area contributed by atoms with Crippen LogP contribution >= 0.6 is 0 Å². The minimum absolute atomic E-state index is 0.353. The van der Waals surface area contributed by atoms with E-state index in [1.165, 1.54) is 0 Å². The lowest BCUT2D eigenvalue weighted by Crippen LogP contribution is -2.04. The van der Waals surface area contributed by atoms with Gasteiger partial charge in [0.15, 0.2) is 5.82 Å². The number of nitrogens with one attached hydrogen (secondary N) is 1. The Hall–Kier alpha value is -2.42. The van der Waals surface area contributed by atoms with Crippen molar-refractivity contribution < 1.29 is 4.52 Å². The number of nitriles is 1. The molecule has 86 valence electrons. The van der Waals surface area contributed by atoms with Gasteiger partial charge in [0.1, 0.15) is 11.9 Å². The van der Waals surface area contributed by atoms with E-state index in [1.54, 1.807) is 19.1 Å². The summed E-state index contributed by atoms with van der Waals surface area (Å²) in [6.45, 7) is 3.97. The van der Waals surface area contributed by atoms with Crippen LogP contribution in [0.1, 0.15) is 23.0 Å².